The van der Waals surface area contributed by atoms with Crippen molar-refractivity contribution in [2.24, 2.45) is 0 Å². The van der Waals surface area contributed by atoms with Gasteiger partial charge in [0.25, 0.3) is 5.56 Å². The molecule has 0 radical (unpaired) electrons. The fourth-order valence-corrected chi connectivity index (χ4v) is 4.66. The Kier molecular flexibility index (Phi) is 4.12. The summed E-state index contributed by atoms with van der Waals surface area (Å²) in [7, 11) is -3.20. The monoisotopic (exact) mass is 370 g/mol. The molecule has 4 rings (SSSR count). The molecule has 0 unspecified atom stereocenters. The Morgan fingerprint density at radius 2 is 2.00 bits per heavy atom. The van der Waals surface area contributed by atoms with Crippen LogP contribution >= 0.6 is 0 Å². The van der Waals surface area contributed by atoms with Crippen LogP contribution < -0.4 is 15.2 Å². The molecule has 0 amide bonds. The van der Waals surface area contributed by atoms with Crippen molar-refractivity contribution in [3.8, 4) is 0 Å². The van der Waals surface area contributed by atoms with Gasteiger partial charge in [-0.15, -0.1) is 0 Å². The first kappa shape index (κ1) is 16.6. The van der Waals surface area contributed by atoms with E-state index in [1.54, 1.807) is 24.3 Å². The molecule has 0 bridgehead atoms. The highest BCUT2D eigenvalue weighted by Crippen LogP contribution is 2.25. The maximum Gasteiger partial charge on any atom is 0.260 e. The quantitative estimate of drug-likeness (QED) is 0.733. The second kappa shape index (κ2) is 6.45. The highest BCUT2D eigenvalue weighted by atomic mass is 32.2. The van der Waals surface area contributed by atoms with Gasteiger partial charge in [-0.1, -0.05) is 24.3 Å². The van der Waals surface area contributed by atoms with E-state index in [-0.39, 0.29) is 11.3 Å². The summed E-state index contributed by atoms with van der Waals surface area (Å²) in [6.45, 7) is 0.932. The van der Waals surface area contributed by atoms with Gasteiger partial charge in [0.05, 0.1) is 22.3 Å². The number of sulfonamides is 1. The van der Waals surface area contributed by atoms with Crippen LogP contribution in [-0.2, 0) is 16.6 Å². The van der Waals surface area contributed by atoms with Crippen molar-refractivity contribution in [3.63, 3.8) is 0 Å². The SMILES string of the molecule is O=c1[nH]c(NCc2cccc(N3CCCS3(=O)=O)c2)nc2ccccc12. The van der Waals surface area contributed by atoms with Crippen molar-refractivity contribution in [1.29, 1.82) is 0 Å². The second-order valence-electron chi connectivity index (χ2n) is 6.20. The standard InChI is InChI=1S/C18H18N4O3S/c23-17-15-7-1-2-8-16(15)20-18(21-17)19-12-13-5-3-6-14(11-13)22-9-4-10-26(22,24)25/h1-3,5-8,11H,4,9-10,12H2,(H2,19,20,21,23). The molecule has 1 aliphatic rings. The Morgan fingerprint density at radius 3 is 2.81 bits per heavy atom. The van der Waals surface area contributed by atoms with E-state index >= 15 is 0 Å². The molecule has 0 aliphatic carbocycles. The van der Waals surface area contributed by atoms with Crippen molar-refractivity contribution in [1.82, 2.24) is 9.97 Å². The number of fused-ring (bicyclic) bond motifs is 1. The number of H-pyrrole nitrogens is 1. The fraction of sp³-hybridized carbons (Fsp3) is 0.222. The number of para-hydroxylation sites is 1. The normalized spacial score (nSPS) is 16.1. The third-order valence-corrected chi connectivity index (χ3v) is 6.24. The molecule has 0 atom stereocenters. The van der Waals surface area contributed by atoms with Crippen molar-refractivity contribution in [2.75, 3.05) is 21.9 Å². The first-order chi connectivity index (χ1) is 12.5. The van der Waals surface area contributed by atoms with Gasteiger partial charge in [-0.05, 0) is 36.2 Å². The highest BCUT2D eigenvalue weighted by molar-refractivity contribution is 7.93. The summed E-state index contributed by atoms with van der Waals surface area (Å²) in [5.41, 5.74) is 1.99. The predicted molar refractivity (Wildman–Crippen MR) is 102 cm³/mol. The Labute approximate surface area is 150 Å². The topological polar surface area (TPSA) is 95.2 Å². The lowest BCUT2D eigenvalue weighted by Gasteiger charge is -2.17. The number of benzene rings is 2. The van der Waals surface area contributed by atoms with E-state index in [1.807, 2.05) is 24.3 Å². The van der Waals surface area contributed by atoms with E-state index in [0.29, 0.717) is 42.0 Å². The molecular formula is C18H18N4O3S. The molecular weight excluding hydrogens is 352 g/mol. The van der Waals surface area contributed by atoms with E-state index in [0.717, 1.165) is 5.56 Å². The van der Waals surface area contributed by atoms with Crippen LogP contribution in [-0.4, -0.2) is 30.7 Å². The second-order valence-corrected chi connectivity index (χ2v) is 8.21. The summed E-state index contributed by atoms with van der Waals surface area (Å²) >= 11 is 0. The van der Waals surface area contributed by atoms with Gasteiger partial charge in [0.1, 0.15) is 0 Å². The largest absolute Gasteiger partial charge is 0.352 e. The number of aromatic amines is 1. The lowest BCUT2D eigenvalue weighted by molar-refractivity contribution is 0.599. The number of anilines is 2. The Balaban J connectivity index is 1.55. The average Bonchev–Trinajstić information content (AvgIpc) is 2.99. The summed E-state index contributed by atoms with van der Waals surface area (Å²) in [6.07, 6.45) is 0.646. The zero-order chi connectivity index (χ0) is 18.1. The molecule has 1 aliphatic heterocycles. The van der Waals surface area contributed by atoms with E-state index in [1.165, 1.54) is 4.31 Å². The maximum absolute atomic E-state index is 12.1. The lowest BCUT2D eigenvalue weighted by atomic mass is 10.2. The molecule has 3 aromatic rings. The molecule has 26 heavy (non-hydrogen) atoms. The minimum atomic E-state index is -3.20. The number of nitrogens with one attached hydrogen (secondary N) is 2. The summed E-state index contributed by atoms with van der Waals surface area (Å²) in [4.78, 5) is 19.2. The van der Waals surface area contributed by atoms with Crippen LogP contribution in [0.1, 0.15) is 12.0 Å². The van der Waals surface area contributed by atoms with E-state index in [4.69, 9.17) is 0 Å². The first-order valence-corrected chi connectivity index (χ1v) is 9.96. The third-order valence-electron chi connectivity index (χ3n) is 4.37. The molecule has 2 heterocycles. The molecule has 0 spiro atoms. The smallest absolute Gasteiger partial charge is 0.260 e. The zero-order valence-corrected chi connectivity index (χ0v) is 14.8. The molecule has 1 aromatic heterocycles. The van der Waals surface area contributed by atoms with Crippen LogP contribution in [0.15, 0.2) is 53.3 Å². The lowest BCUT2D eigenvalue weighted by Crippen LogP contribution is -2.25. The number of rotatable bonds is 4. The van der Waals surface area contributed by atoms with Gasteiger partial charge in [0.15, 0.2) is 0 Å². The number of nitrogens with zero attached hydrogens (tertiary/aromatic N) is 2. The van der Waals surface area contributed by atoms with Gasteiger partial charge in [-0.2, -0.15) is 0 Å². The minimum Gasteiger partial charge on any atom is -0.352 e. The van der Waals surface area contributed by atoms with Crippen molar-refractivity contribution in [3.05, 3.63) is 64.4 Å². The fourth-order valence-electron chi connectivity index (χ4n) is 3.11. The van der Waals surface area contributed by atoms with Crippen molar-refractivity contribution in [2.45, 2.75) is 13.0 Å². The molecule has 8 heteroatoms. The Morgan fingerprint density at radius 1 is 1.15 bits per heavy atom. The van der Waals surface area contributed by atoms with Crippen LogP contribution in [0.25, 0.3) is 10.9 Å². The van der Waals surface area contributed by atoms with E-state index in [9.17, 15) is 13.2 Å². The summed E-state index contributed by atoms with van der Waals surface area (Å²) in [5.74, 6) is 0.574. The summed E-state index contributed by atoms with van der Waals surface area (Å²) in [6, 6.07) is 14.5. The van der Waals surface area contributed by atoms with Crippen molar-refractivity contribution >= 4 is 32.6 Å². The van der Waals surface area contributed by atoms with Crippen LogP contribution in [0.3, 0.4) is 0 Å². The molecule has 1 saturated heterocycles. The summed E-state index contributed by atoms with van der Waals surface area (Å²) in [5, 5.41) is 3.64. The summed E-state index contributed by atoms with van der Waals surface area (Å²) < 4.78 is 25.6. The number of aromatic nitrogens is 2. The van der Waals surface area contributed by atoms with Crippen molar-refractivity contribution < 1.29 is 8.42 Å². The van der Waals surface area contributed by atoms with Gasteiger partial charge in [-0.25, -0.2) is 13.4 Å². The van der Waals surface area contributed by atoms with Crippen LogP contribution in [0, 0.1) is 0 Å². The average molecular weight is 370 g/mol. The van der Waals surface area contributed by atoms with Crippen LogP contribution in [0.5, 0.6) is 0 Å². The zero-order valence-electron chi connectivity index (χ0n) is 14.0. The predicted octanol–water partition coefficient (Wildman–Crippen LogP) is 2.08. The van der Waals surface area contributed by atoms with Gasteiger partial charge >= 0.3 is 0 Å². The van der Waals surface area contributed by atoms with E-state index in [2.05, 4.69) is 15.3 Å². The van der Waals surface area contributed by atoms with Gasteiger partial charge < -0.3 is 5.32 Å². The molecule has 0 saturated carbocycles. The van der Waals surface area contributed by atoms with Gasteiger partial charge in [0, 0.05) is 13.1 Å². The molecule has 134 valence electrons. The molecule has 2 N–H and O–H groups in total. The highest BCUT2D eigenvalue weighted by Gasteiger charge is 2.28. The third kappa shape index (κ3) is 3.15. The van der Waals surface area contributed by atoms with Gasteiger partial charge in [0.2, 0.25) is 16.0 Å². The first-order valence-electron chi connectivity index (χ1n) is 8.35. The number of hydrogen-bond donors (Lipinski definition) is 2. The maximum atomic E-state index is 12.1. The van der Waals surface area contributed by atoms with Gasteiger partial charge in [-0.3, -0.25) is 14.1 Å². The van der Waals surface area contributed by atoms with E-state index < -0.39 is 10.0 Å². The molecule has 2 aromatic carbocycles. The number of hydrogen-bond acceptors (Lipinski definition) is 5. The van der Waals surface area contributed by atoms with Crippen LogP contribution in [0.2, 0.25) is 0 Å². The Hall–Kier alpha value is -2.87. The molecule has 7 nitrogen and oxygen atoms in total. The molecule has 1 fully saturated rings. The van der Waals surface area contributed by atoms with Crippen LogP contribution in [0.4, 0.5) is 11.6 Å². The minimum absolute atomic E-state index is 0.192. The Bertz CT molecular complexity index is 1120.